The molecule has 2 heterocycles. The average Bonchev–Trinajstić information content (AvgIpc) is 2.70. The Kier molecular flexibility index (Phi) is 4.16. The van der Waals surface area contributed by atoms with Crippen LogP contribution in [0.1, 0.15) is 40.3 Å². The number of hydrogen-bond acceptors (Lipinski definition) is 4. The van der Waals surface area contributed by atoms with Crippen LogP contribution in [0.15, 0.2) is 4.42 Å². The van der Waals surface area contributed by atoms with Gasteiger partial charge in [0.2, 0.25) is 0 Å². The van der Waals surface area contributed by atoms with Crippen molar-refractivity contribution < 1.29 is 18.7 Å². The number of likely N-dealkylation sites (tertiary alicyclic amines) is 1. The number of rotatable bonds is 2. The first-order chi connectivity index (χ1) is 9.45. The van der Waals surface area contributed by atoms with E-state index in [4.69, 9.17) is 9.15 Å². The summed E-state index contributed by atoms with van der Waals surface area (Å²) in [6, 6.07) is 0. The predicted octanol–water partition coefficient (Wildman–Crippen LogP) is 2.23. The highest BCUT2D eigenvalue weighted by Gasteiger charge is 2.31. The van der Waals surface area contributed by atoms with Crippen LogP contribution in [-0.2, 0) is 9.53 Å². The molecule has 0 aliphatic carbocycles. The molecule has 110 valence electrons. The highest BCUT2D eigenvalue weighted by atomic mass is 16.5. The van der Waals surface area contributed by atoms with Crippen molar-refractivity contribution in [3.8, 4) is 0 Å². The maximum Gasteiger partial charge on any atom is 0.310 e. The van der Waals surface area contributed by atoms with Crippen molar-refractivity contribution in [3.05, 3.63) is 22.6 Å². The topological polar surface area (TPSA) is 59.8 Å². The van der Waals surface area contributed by atoms with Gasteiger partial charge in [0.05, 0.1) is 18.6 Å². The lowest BCUT2D eigenvalue weighted by atomic mass is 9.97. The van der Waals surface area contributed by atoms with E-state index >= 15 is 0 Å². The van der Waals surface area contributed by atoms with Crippen LogP contribution in [0.5, 0.6) is 0 Å². The van der Waals surface area contributed by atoms with Crippen LogP contribution in [-0.4, -0.2) is 37.0 Å². The Morgan fingerprint density at radius 1 is 1.25 bits per heavy atom. The van der Waals surface area contributed by atoms with Crippen molar-refractivity contribution in [2.24, 2.45) is 5.92 Å². The molecule has 0 unspecified atom stereocenters. The van der Waals surface area contributed by atoms with E-state index in [9.17, 15) is 9.59 Å². The van der Waals surface area contributed by atoms with Gasteiger partial charge in [-0.15, -0.1) is 0 Å². The molecule has 1 atom stereocenters. The maximum absolute atomic E-state index is 12.6. The number of hydrogen-bond donors (Lipinski definition) is 0. The van der Waals surface area contributed by atoms with Gasteiger partial charge >= 0.3 is 5.97 Å². The Hall–Kier alpha value is -1.78. The standard InChI is InChI=1S/C15H21NO4/c1-9-10(2)20-11(3)13(9)14(17)16-7-5-6-12(8-16)15(18)19-4/h12H,5-8H2,1-4H3/t12-/m0/s1. The van der Waals surface area contributed by atoms with Crippen molar-refractivity contribution in [1.82, 2.24) is 4.90 Å². The third kappa shape index (κ3) is 2.57. The first kappa shape index (κ1) is 14.6. The fourth-order valence-electron chi connectivity index (χ4n) is 2.79. The zero-order chi connectivity index (χ0) is 14.9. The van der Waals surface area contributed by atoms with E-state index in [2.05, 4.69) is 0 Å². The summed E-state index contributed by atoms with van der Waals surface area (Å²) in [4.78, 5) is 26.0. The Balaban J connectivity index is 2.18. The lowest BCUT2D eigenvalue weighted by Crippen LogP contribution is -2.42. The van der Waals surface area contributed by atoms with E-state index in [0.717, 1.165) is 24.2 Å². The van der Waals surface area contributed by atoms with E-state index in [1.165, 1.54) is 7.11 Å². The summed E-state index contributed by atoms with van der Waals surface area (Å²) in [5, 5.41) is 0. The number of furan rings is 1. The van der Waals surface area contributed by atoms with Crippen LogP contribution in [0, 0.1) is 26.7 Å². The van der Waals surface area contributed by atoms with Crippen molar-refractivity contribution in [3.63, 3.8) is 0 Å². The molecule has 0 aromatic carbocycles. The second-order valence-electron chi connectivity index (χ2n) is 5.33. The number of nitrogens with zero attached hydrogens (tertiary/aromatic N) is 1. The van der Waals surface area contributed by atoms with E-state index < -0.39 is 0 Å². The summed E-state index contributed by atoms with van der Waals surface area (Å²) < 4.78 is 10.3. The first-order valence-corrected chi connectivity index (χ1v) is 6.89. The zero-order valence-electron chi connectivity index (χ0n) is 12.5. The minimum absolute atomic E-state index is 0.0505. The van der Waals surface area contributed by atoms with Crippen LogP contribution >= 0.6 is 0 Å². The molecule has 1 aliphatic rings. The van der Waals surface area contributed by atoms with Gasteiger partial charge in [-0.05, 0) is 33.6 Å². The zero-order valence-corrected chi connectivity index (χ0v) is 12.5. The summed E-state index contributed by atoms with van der Waals surface area (Å²) in [7, 11) is 1.39. The fraction of sp³-hybridized carbons (Fsp3) is 0.600. The molecule has 0 spiro atoms. The fourth-order valence-corrected chi connectivity index (χ4v) is 2.79. The van der Waals surface area contributed by atoms with Crippen LogP contribution < -0.4 is 0 Å². The lowest BCUT2D eigenvalue weighted by molar-refractivity contribution is -0.146. The molecule has 1 fully saturated rings. The first-order valence-electron chi connectivity index (χ1n) is 6.89. The normalized spacial score (nSPS) is 19.0. The molecule has 0 bridgehead atoms. The quantitative estimate of drug-likeness (QED) is 0.779. The SMILES string of the molecule is COC(=O)[C@H]1CCCN(C(=O)c2c(C)oc(C)c2C)C1. The molecule has 0 N–H and O–H groups in total. The molecule has 0 radical (unpaired) electrons. The van der Waals surface area contributed by atoms with Crippen LogP contribution in [0.4, 0.5) is 0 Å². The molecule has 5 heteroatoms. The average molecular weight is 279 g/mol. The number of esters is 1. The molecular weight excluding hydrogens is 258 g/mol. The van der Waals surface area contributed by atoms with Gasteiger partial charge in [-0.2, -0.15) is 0 Å². The van der Waals surface area contributed by atoms with Gasteiger partial charge < -0.3 is 14.1 Å². The van der Waals surface area contributed by atoms with Gasteiger partial charge in [-0.25, -0.2) is 0 Å². The summed E-state index contributed by atoms with van der Waals surface area (Å²) in [5.41, 5.74) is 1.51. The van der Waals surface area contributed by atoms with Gasteiger partial charge in [0.15, 0.2) is 0 Å². The largest absolute Gasteiger partial charge is 0.469 e. The van der Waals surface area contributed by atoms with Crippen molar-refractivity contribution >= 4 is 11.9 Å². The van der Waals surface area contributed by atoms with Crippen molar-refractivity contribution in [2.45, 2.75) is 33.6 Å². The molecular formula is C15H21NO4. The van der Waals surface area contributed by atoms with E-state index in [1.54, 1.807) is 11.8 Å². The van der Waals surface area contributed by atoms with Gasteiger partial charge in [-0.3, -0.25) is 9.59 Å². The van der Waals surface area contributed by atoms with E-state index in [1.807, 2.05) is 13.8 Å². The number of carbonyl (C=O) groups is 2. The van der Waals surface area contributed by atoms with E-state index in [-0.39, 0.29) is 17.8 Å². The minimum atomic E-state index is -0.237. The second kappa shape index (κ2) is 5.69. The third-order valence-corrected chi connectivity index (χ3v) is 4.02. The molecule has 1 aromatic rings. The summed E-state index contributed by atoms with van der Waals surface area (Å²) in [6.45, 7) is 6.65. The predicted molar refractivity (Wildman–Crippen MR) is 73.6 cm³/mol. The van der Waals surface area contributed by atoms with Gasteiger partial charge in [-0.1, -0.05) is 0 Å². The highest BCUT2D eigenvalue weighted by molar-refractivity contribution is 5.97. The van der Waals surface area contributed by atoms with Gasteiger partial charge in [0.1, 0.15) is 11.5 Å². The molecule has 1 aliphatic heterocycles. The Morgan fingerprint density at radius 2 is 1.95 bits per heavy atom. The van der Waals surface area contributed by atoms with Gasteiger partial charge in [0.25, 0.3) is 5.91 Å². The number of carbonyl (C=O) groups excluding carboxylic acids is 2. The monoisotopic (exact) mass is 279 g/mol. The molecule has 1 aromatic heterocycles. The van der Waals surface area contributed by atoms with Crippen LogP contribution in [0.25, 0.3) is 0 Å². The summed E-state index contributed by atoms with van der Waals surface area (Å²) in [6.07, 6.45) is 1.60. The van der Waals surface area contributed by atoms with Crippen molar-refractivity contribution in [1.29, 1.82) is 0 Å². The molecule has 20 heavy (non-hydrogen) atoms. The van der Waals surface area contributed by atoms with Crippen LogP contribution in [0.3, 0.4) is 0 Å². The smallest absolute Gasteiger partial charge is 0.310 e. The number of ether oxygens (including phenoxy) is 1. The number of amides is 1. The lowest BCUT2D eigenvalue weighted by Gasteiger charge is -2.31. The third-order valence-electron chi connectivity index (χ3n) is 4.02. The van der Waals surface area contributed by atoms with Gasteiger partial charge in [0, 0.05) is 18.7 Å². The number of methoxy groups -OCH3 is 1. The Labute approximate surface area is 118 Å². The highest BCUT2D eigenvalue weighted by Crippen LogP contribution is 2.25. The van der Waals surface area contributed by atoms with E-state index in [0.29, 0.717) is 24.4 Å². The maximum atomic E-state index is 12.6. The Morgan fingerprint density at radius 3 is 2.50 bits per heavy atom. The van der Waals surface area contributed by atoms with Crippen LogP contribution in [0.2, 0.25) is 0 Å². The van der Waals surface area contributed by atoms with Crippen molar-refractivity contribution in [2.75, 3.05) is 20.2 Å². The summed E-state index contributed by atoms with van der Waals surface area (Å²) >= 11 is 0. The second-order valence-corrected chi connectivity index (χ2v) is 5.33. The minimum Gasteiger partial charge on any atom is -0.469 e. The Bertz CT molecular complexity index is 532. The molecule has 2 rings (SSSR count). The summed E-state index contributed by atoms with van der Waals surface area (Å²) in [5.74, 6) is 0.911. The number of piperidine rings is 1. The molecule has 5 nitrogen and oxygen atoms in total. The molecule has 1 saturated heterocycles. The molecule has 0 saturated carbocycles. The number of aryl methyl sites for hydroxylation is 2. The molecule has 1 amide bonds.